The van der Waals surface area contributed by atoms with Crippen molar-refractivity contribution in [3.05, 3.63) is 4.13 Å². The van der Waals surface area contributed by atoms with E-state index in [1.165, 1.54) is 50.3 Å². The third-order valence-corrected chi connectivity index (χ3v) is 6.86. The van der Waals surface area contributed by atoms with Gasteiger partial charge in [-0.3, -0.25) is 4.90 Å². The Labute approximate surface area is 141 Å². The molecule has 3 fully saturated rings. The summed E-state index contributed by atoms with van der Waals surface area (Å²) in [5.74, 6) is 0. The first-order chi connectivity index (χ1) is 11.1. The van der Waals surface area contributed by atoms with Crippen molar-refractivity contribution >= 4 is 20.0 Å². The second-order valence-corrected chi connectivity index (χ2v) is 9.01. The normalized spacial score (nSPS) is 27.6. The van der Waals surface area contributed by atoms with Crippen molar-refractivity contribution in [2.75, 3.05) is 45.8 Å². The van der Waals surface area contributed by atoms with E-state index in [2.05, 4.69) is 11.8 Å². The molecule has 0 unspecified atom stereocenters. The zero-order chi connectivity index (χ0) is 19.7. The molecule has 3 rings (SSSR count). The lowest BCUT2D eigenvalue weighted by molar-refractivity contribution is -0.939. The average Bonchev–Trinajstić information content (AvgIpc) is 2.46. The van der Waals surface area contributed by atoms with Crippen LogP contribution in [0.25, 0.3) is 4.13 Å². The second kappa shape index (κ2) is 7.17. The van der Waals surface area contributed by atoms with Crippen LogP contribution < -0.4 is 0 Å². The Morgan fingerprint density at radius 3 is 1.36 bits per heavy atom. The summed E-state index contributed by atoms with van der Waals surface area (Å²) in [5, 5.41) is 0. The molecule has 150 valence electrons. The zero-order valence-electron chi connectivity index (χ0n) is 13.0. The lowest BCUT2D eigenvalue weighted by atomic mass is 10.1. The monoisotopic (exact) mass is 421 g/mol. The fourth-order valence-electron chi connectivity index (χ4n) is 2.42. The molecule has 3 aliphatic rings. The molecule has 0 N–H and O–H groups in total. The van der Waals surface area contributed by atoms with Gasteiger partial charge in [-0.25, -0.2) is 16.8 Å². The number of alkyl halides is 6. The van der Waals surface area contributed by atoms with E-state index in [0.717, 1.165) is 4.13 Å². The SMILES string of the molecule is CC[N+]12CCN(CC1)CC2.O=S(=O)([N-]S(=O)(=O)C(F)(F)F)C(F)(F)F. The number of rotatable bonds is 3. The van der Waals surface area contributed by atoms with Gasteiger partial charge in [-0.05, 0) is 6.92 Å². The first-order valence-electron chi connectivity index (χ1n) is 6.99. The Morgan fingerprint density at radius 2 is 1.16 bits per heavy atom. The molecule has 0 saturated carbocycles. The molecule has 0 aromatic heterocycles. The quantitative estimate of drug-likeness (QED) is 0.505. The molecule has 0 aromatic carbocycles. The summed E-state index contributed by atoms with van der Waals surface area (Å²) >= 11 is 0. The summed E-state index contributed by atoms with van der Waals surface area (Å²) in [5.41, 5.74) is -12.4. The Kier molecular flexibility index (Phi) is 6.42. The van der Waals surface area contributed by atoms with Crippen LogP contribution in [0.5, 0.6) is 0 Å². The van der Waals surface area contributed by atoms with Crippen molar-refractivity contribution in [3.63, 3.8) is 0 Å². The number of quaternary nitrogens is 1. The number of likely N-dealkylation sites (N-methyl/N-ethyl adjacent to an activating group) is 1. The Morgan fingerprint density at radius 1 is 0.840 bits per heavy atom. The molecule has 7 nitrogen and oxygen atoms in total. The van der Waals surface area contributed by atoms with E-state index in [4.69, 9.17) is 0 Å². The standard InChI is InChI=1S/C8H17N2.C2F6NO4S2/c1-2-10-6-3-9(4-7-10)5-8-10;3-1(4,5)14(10,11)9-15(12,13)2(6,7)8/h2-8H2,1H3;/q+1;-1. The van der Waals surface area contributed by atoms with Crippen molar-refractivity contribution in [1.82, 2.24) is 4.90 Å². The molecule has 0 aromatic rings. The molecule has 15 heteroatoms. The predicted molar refractivity (Wildman–Crippen MR) is 75.2 cm³/mol. The Hall–Kier alpha value is -0.640. The van der Waals surface area contributed by atoms with Crippen LogP contribution in [0.2, 0.25) is 0 Å². The number of hydrogen-bond donors (Lipinski definition) is 0. The highest BCUT2D eigenvalue weighted by atomic mass is 32.3. The largest absolute Gasteiger partial charge is 0.480 e. The number of piperazine rings is 3. The number of sulfonamides is 2. The van der Waals surface area contributed by atoms with E-state index in [1.54, 1.807) is 0 Å². The molecule has 25 heavy (non-hydrogen) atoms. The fraction of sp³-hybridized carbons (Fsp3) is 1.00. The molecule has 0 spiro atoms. The predicted octanol–water partition coefficient (Wildman–Crippen LogP) is 1.21. The highest BCUT2D eigenvalue weighted by Crippen LogP contribution is 2.36. The third kappa shape index (κ3) is 5.42. The van der Waals surface area contributed by atoms with Gasteiger partial charge in [0.05, 0.1) is 26.2 Å². The summed E-state index contributed by atoms with van der Waals surface area (Å²) in [4.78, 5) is 2.59. The summed E-state index contributed by atoms with van der Waals surface area (Å²) < 4.78 is 111. The maximum Gasteiger partial charge on any atom is 0.480 e. The van der Waals surface area contributed by atoms with Crippen molar-refractivity contribution in [3.8, 4) is 0 Å². The van der Waals surface area contributed by atoms with Gasteiger partial charge in [0.1, 0.15) is 0 Å². The molecular weight excluding hydrogens is 404 g/mol. The van der Waals surface area contributed by atoms with E-state index in [-0.39, 0.29) is 0 Å². The molecule has 3 heterocycles. The van der Waals surface area contributed by atoms with Crippen LogP contribution in [0.15, 0.2) is 0 Å². The van der Waals surface area contributed by atoms with Gasteiger partial charge in [-0.15, -0.1) is 0 Å². The third-order valence-electron chi connectivity index (χ3n) is 4.12. The van der Waals surface area contributed by atoms with Gasteiger partial charge in [0, 0.05) is 19.6 Å². The number of hydrogen-bond acceptors (Lipinski definition) is 5. The number of fused-ring (bicyclic) bond motifs is 3. The maximum absolute atomic E-state index is 11.4. The second-order valence-electron chi connectivity index (χ2n) is 5.59. The minimum atomic E-state index is -6.72. The first kappa shape index (κ1) is 22.4. The minimum Gasteiger partial charge on any atom is -0.421 e. The van der Waals surface area contributed by atoms with Crippen LogP contribution in [0.4, 0.5) is 26.3 Å². The molecule has 3 saturated heterocycles. The van der Waals surface area contributed by atoms with Crippen LogP contribution in [0, 0.1) is 0 Å². The van der Waals surface area contributed by atoms with E-state index >= 15 is 0 Å². The van der Waals surface area contributed by atoms with Crippen LogP contribution in [0.3, 0.4) is 0 Å². The van der Waals surface area contributed by atoms with Gasteiger partial charge in [-0.1, -0.05) is 0 Å². The molecule has 0 atom stereocenters. The summed E-state index contributed by atoms with van der Waals surface area (Å²) in [6, 6.07) is 0. The highest BCUT2D eigenvalue weighted by Gasteiger charge is 2.47. The van der Waals surface area contributed by atoms with Crippen molar-refractivity contribution in [2.45, 2.75) is 17.9 Å². The van der Waals surface area contributed by atoms with Crippen LogP contribution in [-0.2, 0) is 20.0 Å². The zero-order valence-corrected chi connectivity index (χ0v) is 14.6. The van der Waals surface area contributed by atoms with Gasteiger partial charge in [0.15, 0.2) is 20.0 Å². The van der Waals surface area contributed by atoms with Crippen molar-refractivity contribution in [1.29, 1.82) is 0 Å². The van der Waals surface area contributed by atoms with Crippen molar-refractivity contribution < 1.29 is 47.7 Å². The lowest BCUT2D eigenvalue weighted by Gasteiger charge is -2.50. The van der Waals surface area contributed by atoms with Gasteiger partial charge in [-0.2, -0.15) is 26.3 Å². The fourth-order valence-corrected chi connectivity index (χ4v) is 4.13. The first-order valence-corrected chi connectivity index (χ1v) is 9.87. The topological polar surface area (TPSA) is 85.6 Å². The molecule has 0 radical (unpaired) electrons. The highest BCUT2D eigenvalue weighted by molar-refractivity contribution is 8.13. The molecule has 0 amide bonds. The summed E-state index contributed by atoms with van der Waals surface area (Å²) in [6.07, 6.45) is 0. The van der Waals surface area contributed by atoms with Gasteiger partial charge < -0.3 is 8.61 Å². The smallest absolute Gasteiger partial charge is 0.421 e. The van der Waals surface area contributed by atoms with E-state index in [0.29, 0.717) is 0 Å². The maximum atomic E-state index is 11.4. The average molecular weight is 421 g/mol. The van der Waals surface area contributed by atoms with Gasteiger partial charge in [0.2, 0.25) is 0 Å². The number of nitrogens with zero attached hydrogens (tertiary/aromatic N) is 3. The van der Waals surface area contributed by atoms with E-state index < -0.39 is 31.1 Å². The minimum absolute atomic E-state index is 0.778. The molecule has 0 aliphatic carbocycles. The molecule has 3 aliphatic heterocycles. The van der Waals surface area contributed by atoms with Crippen LogP contribution in [0.1, 0.15) is 6.92 Å². The molecular formula is C10H17F6N3O4S2. The van der Waals surface area contributed by atoms with Gasteiger partial charge in [0.25, 0.3) is 0 Å². The van der Waals surface area contributed by atoms with Gasteiger partial charge >= 0.3 is 11.0 Å². The van der Waals surface area contributed by atoms with E-state index in [1.807, 2.05) is 0 Å². The summed E-state index contributed by atoms with van der Waals surface area (Å²) in [6.45, 7) is 12.0. The lowest BCUT2D eigenvalue weighted by Crippen LogP contribution is -2.67. The van der Waals surface area contributed by atoms with Crippen molar-refractivity contribution in [2.24, 2.45) is 0 Å². The van der Waals surface area contributed by atoms with Crippen LogP contribution in [-0.4, -0.2) is 83.0 Å². The number of halogens is 6. The Balaban J connectivity index is 0.000000267. The Bertz CT molecular complexity index is 610. The van der Waals surface area contributed by atoms with Crippen LogP contribution >= 0.6 is 0 Å². The summed E-state index contributed by atoms with van der Waals surface area (Å²) in [7, 11) is -13.4. The van der Waals surface area contributed by atoms with E-state index in [9.17, 15) is 43.2 Å². The molecule has 2 bridgehead atoms.